The molecule has 2 rings (SSSR count). The molecule has 0 aliphatic rings. The number of aromatic nitrogens is 2. The number of nitrogens with zero attached hydrogens (tertiary/aromatic N) is 2. The van der Waals surface area contributed by atoms with Crippen molar-refractivity contribution in [3.05, 3.63) is 46.8 Å². The number of hydrogen-bond acceptors (Lipinski definition) is 4. The van der Waals surface area contributed by atoms with Crippen LogP contribution in [0.1, 0.15) is 10.4 Å². The summed E-state index contributed by atoms with van der Waals surface area (Å²) in [5, 5.41) is 2.68. The molecule has 2 aromatic heterocycles. The third-order valence-corrected chi connectivity index (χ3v) is 2.69. The van der Waals surface area contributed by atoms with E-state index in [-0.39, 0.29) is 5.91 Å². The van der Waals surface area contributed by atoms with E-state index in [0.29, 0.717) is 17.1 Å². The highest BCUT2D eigenvalue weighted by Crippen LogP contribution is 2.17. The Kier molecular flexibility index (Phi) is 3.88. The van der Waals surface area contributed by atoms with Crippen molar-refractivity contribution < 1.29 is 9.53 Å². The maximum atomic E-state index is 12.0. The van der Waals surface area contributed by atoms with E-state index in [1.54, 1.807) is 24.4 Å². The lowest BCUT2D eigenvalue weighted by molar-refractivity contribution is 0.102. The van der Waals surface area contributed by atoms with Crippen LogP contribution in [0.5, 0.6) is 5.75 Å². The van der Waals surface area contributed by atoms with Crippen LogP contribution in [0.4, 0.5) is 5.82 Å². The van der Waals surface area contributed by atoms with Crippen LogP contribution in [-0.2, 0) is 0 Å². The maximum Gasteiger partial charge on any atom is 0.260 e. The van der Waals surface area contributed by atoms with Crippen molar-refractivity contribution in [2.24, 2.45) is 0 Å². The molecule has 0 spiro atoms. The van der Waals surface area contributed by atoms with Gasteiger partial charge in [-0.15, -0.1) is 0 Å². The molecule has 0 bridgehead atoms. The number of pyridine rings is 2. The summed E-state index contributed by atoms with van der Waals surface area (Å²) >= 11 is 3.28. The Morgan fingerprint density at radius 3 is 2.83 bits per heavy atom. The lowest BCUT2D eigenvalue weighted by atomic mass is 10.2. The average Bonchev–Trinajstić information content (AvgIpc) is 2.41. The molecule has 2 heterocycles. The molecule has 92 valence electrons. The van der Waals surface area contributed by atoms with Gasteiger partial charge in [-0.05, 0) is 34.1 Å². The minimum atomic E-state index is -0.288. The van der Waals surface area contributed by atoms with E-state index in [1.807, 2.05) is 0 Å². The van der Waals surface area contributed by atoms with Crippen molar-refractivity contribution in [2.75, 3.05) is 12.4 Å². The first kappa shape index (κ1) is 12.5. The van der Waals surface area contributed by atoms with E-state index in [0.717, 1.165) is 4.47 Å². The Bertz CT molecular complexity index is 558. The molecule has 1 amide bonds. The van der Waals surface area contributed by atoms with E-state index in [4.69, 9.17) is 4.74 Å². The molecule has 0 unspecified atom stereocenters. The predicted octanol–water partition coefficient (Wildman–Crippen LogP) is 2.50. The Hall–Kier alpha value is -1.95. The van der Waals surface area contributed by atoms with Crippen molar-refractivity contribution in [3.63, 3.8) is 0 Å². The number of anilines is 1. The summed E-state index contributed by atoms with van der Waals surface area (Å²) in [5.41, 5.74) is 0.414. The molecule has 0 radical (unpaired) electrons. The van der Waals surface area contributed by atoms with Gasteiger partial charge in [0, 0.05) is 16.9 Å². The number of methoxy groups -OCH3 is 1. The summed E-state index contributed by atoms with van der Waals surface area (Å²) in [6, 6.07) is 5.09. The fourth-order valence-corrected chi connectivity index (χ4v) is 1.60. The zero-order valence-electron chi connectivity index (χ0n) is 9.55. The number of amides is 1. The zero-order valence-corrected chi connectivity index (χ0v) is 11.1. The van der Waals surface area contributed by atoms with Gasteiger partial charge >= 0.3 is 0 Å². The number of carbonyl (C=O) groups is 1. The van der Waals surface area contributed by atoms with Crippen molar-refractivity contribution in [3.8, 4) is 5.75 Å². The van der Waals surface area contributed by atoms with Crippen molar-refractivity contribution in [2.45, 2.75) is 0 Å². The number of rotatable bonds is 3. The van der Waals surface area contributed by atoms with Crippen LogP contribution in [-0.4, -0.2) is 23.0 Å². The topological polar surface area (TPSA) is 64.1 Å². The van der Waals surface area contributed by atoms with E-state index in [1.165, 1.54) is 19.5 Å². The second-order valence-corrected chi connectivity index (χ2v) is 4.31. The van der Waals surface area contributed by atoms with Crippen LogP contribution in [0.2, 0.25) is 0 Å². The first-order valence-electron chi connectivity index (χ1n) is 5.11. The van der Waals surface area contributed by atoms with Gasteiger partial charge in [-0.25, -0.2) is 4.98 Å². The second kappa shape index (κ2) is 5.59. The quantitative estimate of drug-likeness (QED) is 0.946. The standard InChI is InChI=1S/C12H10BrN3O2/c1-18-10-7-14-5-4-9(10)12(17)16-11-3-2-8(13)6-15-11/h2-7H,1H3,(H,15,16,17). The second-order valence-electron chi connectivity index (χ2n) is 3.39. The Morgan fingerprint density at radius 2 is 2.17 bits per heavy atom. The number of nitrogens with one attached hydrogen (secondary N) is 1. The molecule has 6 heteroatoms. The lowest BCUT2D eigenvalue weighted by Crippen LogP contribution is -2.14. The summed E-state index contributed by atoms with van der Waals surface area (Å²) in [5.74, 6) is 0.609. The first-order chi connectivity index (χ1) is 8.70. The Morgan fingerprint density at radius 1 is 1.33 bits per heavy atom. The highest BCUT2D eigenvalue weighted by atomic mass is 79.9. The molecule has 2 aromatic rings. The molecular formula is C12H10BrN3O2. The van der Waals surface area contributed by atoms with E-state index < -0.39 is 0 Å². The largest absolute Gasteiger partial charge is 0.494 e. The SMILES string of the molecule is COc1cnccc1C(=O)Nc1ccc(Br)cn1. The van der Waals surface area contributed by atoms with E-state index >= 15 is 0 Å². The van der Waals surface area contributed by atoms with E-state index in [2.05, 4.69) is 31.2 Å². The van der Waals surface area contributed by atoms with Crippen molar-refractivity contribution >= 4 is 27.7 Å². The van der Waals surface area contributed by atoms with Crippen molar-refractivity contribution in [1.82, 2.24) is 9.97 Å². The van der Waals surface area contributed by atoms with Gasteiger partial charge in [0.05, 0.1) is 18.9 Å². The highest BCUT2D eigenvalue weighted by Gasteiger charge is 2.12. The molecule has 0 aromatic carbocycles. The van der Waals surface area contributed by atoms with Gasteiger partial charge in [0.1, 0.15) is 11.6 Å². The molecule has 0 saturated heterocycles. The molecular weight excluding hydrogens is 298 g/mol. The summed E-state index contributed by atoms with van der Waals surface area (Å²) < 4.78 is 5.92. The number of ether oxygens (including phenoxy) is 1. The van der Waals surface area contributed by atoms with Crippen LogP contribution in [0, 0.1) is 0 Å². The third-order valence-electron chi connectivity index (χ3n) is 2.22. The van der Waals surface area contributed by atoms with Gasteiger partial charge in [-0.1, -0.05) is 0 Å². The maximum absolute atomic E-state index is 12.0. The summed E-state index contributed by atoms with van der Waals surface area (Å²) in [6.45, 7) is 0. The molecule has 0 atom stereocenters. The third kappa shape index (κ3) is 2.84. The van der Waals surface area contributed by atoms with Gasteiger partial charge in [-0.3, -0.25) is 9.78 Å². The first-order valence-corrected chi connectivity index (χ1v) is 5.91. The Balaban J connectivity index is 2.19. The number of halogens is 1. The summed E-state index contributed by atoms with van der Waals surface area (Å²) in [6.07, 6.45) is 4.63. The Labute approximate surface area is 112 Å². The number of carbonyl (C=O) groups excluding carboxylic acids is 1. The molecule has 18 heavy (non-hydrogen) atoms. The van der Waals surface area contributed by atoms with Crippen LogP contribution in [0.3, 0.4) is 0 Å². The summed E-state index contributed by atoms with van der Waals surface area (Å²) in [7, 11) is 1.49. The number of hydrogen-bond donors (Lipinski definition) is 1. The van der Waals surface area contributed by atoms with Crippen LogP contribution in [0.25, 0.3) is 0 Å². The van der Waals surface area contributed by atoms with Gasteiger partial charge in [0.15, 0.2) is 0 Å². The van der Waals surface area contributed by atoms with E-state index in [9.17, 15) is 4.79 Å². The molecule has 0 fully saturated rings. The lowest BCUT2D eigenvalue weighted by Gasteiger charge is -2.07. The molecule has 0 saturated carbocycles. The zero-order chi connectivity index (χ0) is 13.0. The van der Waals surface area contributed by atoms with Gasteiger partial charge in [-0.2, -0.15) is 0 Å². The molecule has 5 nitrogen and oxygen atoms in total. The van der Waals surface area contributed by atoms with Gasteiger partial charge < -0.3 is 10.1 Å². The smallest absolute Gasteiger partial charge is 0.260 e. The fourth-order valence-electron chi connectivity index (χ4n) is 1.36. The summed E-state index contributed by atoms with van der Waals surface area (Å²) in [4.78, 5) is 20.0. The van der Waals surface area contributed by atoms with Gasteiger partial charge in [0.25, 0.3) is 5.91 Å². The molecule has 1 N–H and O–H groups in total. The fraction of sp³-hybridized carbons (Fsp3) is 0.0833. The normalized spacial score (nSPS) is 9.89. The van der Waals surface area contributed by atoms with Gasteiger partial charge in [0.2, 0.25) is 0 Å². The minimum Gasteiger partial charge on any atom is -0.494 e. The predicted molar refractivity (Wildman–Crippen MR) is 70.7 cm³/mol. The van der Waals surface area contributed by atoms with Crippen LogP contribution < -0.4 is 10.1 Å². The van der Waals surface area contributed by atoms with Crippen LogP contribution >= 0.6 is 15.9 Å². The van der Waals surface area contributed by atoms with Crippen LogP contribution in [0.15, 0.2) is 41.3 Å². The van der Waals surface area contributed by atoms with Crippen molar-refractivity contribution in [1.29, 1.82) is 0 Å². The average molecular weight is 308 g/mol. The minimum absolute atomic E-state index is 0.288. The highest BCUT2D eigenvalue weighted by molar-refractivity contribution is 9.10. The molecule has 0 aliphatic carbocycles. The monoisotopic (exact) mass is 307 g/mol. The molecule has 0 aliphatic heterocycles.